The van der Waals surface area contributed by atoms with Crippen LogP contribution in [0.3, 0.4) is 0 Å². The van der Waals surface area contributed by atoms with Crippen LogP contribution in [0.2, 0.25) is 0 Å². The molecule has 3 nitrogen and oxygen atoms in total. The molecule has 1 aromatic carbocycles. The zero-order chi connectivity index (χ0) is 13.0. The molecule has 0 atom stereocenters. The van der Waals surface area contributed by atoms with Crippen LogP contribution < -0.4 is 5.32 Å². The van der Waals surface area contributed by atoms with Crippen molar-refractivity contribution in [1.29, 1.82) is 0 Å². The minimum absolute atomic E-state index is 0.214. The molecule has 94 valence electrons. The minimum Gasteiger partial charge on any atom is -0.367 e. The quantitative estimate of drug-likeness (QED) is 0.830. The molecular formula is C13H14FN3S. The van der Waals surface area contributed by atoms with Gasteiger partial charge in [0.2, 0.25) is 0 Å². The Bertz CT molecular complexity index is 595. The Kier molecular flexibility index (Phi) is 4.04. The van der Waals surface area contributed by atoms with Crippen LogP contribution in [-0.4, -0.2) is 9.97 Å². The lowest BCUT2D eigenvalue weighted by Crippen LogP contribution is -2.05. The summed E-state index contributed by atoms with van der Waals surface area (Å²) in [6.45, 7) is 2.40. The first-order valence-electron chi connectivity index (χ1n) is 5.76. The molecule has 2 rings (SSSR count). The van der Waals surface area contributed by atoms with E-state index in [2.05, 4.69) is 15.3 Å². The lowest BCUT2D eigenvalue weighted by atomic mass is 10.2. The highest BCUT2D eigenvalue weighted by molar-refractivity contribution is 7.71. The van der Waals surface area contributed by atoms with E-state index in [4.69, 9.17) is 12.2 Å². The van der Waals surface area contributed by atoms with Crippen LogP contribution in [0.25, 0.3) is 0 Å². The Morgan fingerprint density at radius 2 is 2.17 bits per heavy atom. The number of nitrogens with one attached hydrogen (secondary N) is 2. The summed E-state index contributed by atoms with van der Waals surface area (Å²) in [5.74, 6) is 1.36. The molecule has 0 saturated carbocycles. The smallest absolute Gasteiger partial charge is 0.131 e. The second-order valence-electron chi connectivity index (χ2n) is 3.88. The van der Waals surface area contributed by atoms with Crippen molar-refractivity contribution in [3.63, 3.8) is 0 Å². The highest BCUT2D eigenvalue weighted by Gasteiger charge is 2.01. The minimum atomic E-state index is -0.214. The maximum atomic E-state index is 13.4. The van der Waals surface area contributed by atoms with Gasteiger partial charge in [-0.1, -0.05) is 37.3 Å². The number of anilines is 1. The normalized spacial score (nSPS) is 10.3. The number of aryl methyl sites for hydroxylation is 1. The van der Waals surface area contributed by atoms with Crippen molar-refractivity contribution in [1.82, 2.24) is 9.97 Å². The van der Waals surface area contributed by atoms with Crippen LogP contribution in [0.5, 0.6) is 0 Å². The van der Waals surface area contributed by atoms with E-state index in [1.165, 1.54) is 6.07 Å². The molecule has 0 aliphatic heterocycles. The van der Waals surface area contributed by atoms with Gasteiger partial charge in [-0.2, -0.15) is 0 Å². The average Bonchev–Trinajstić information content (AvgIpc) is 2.37. The van der Waals surface area contributed by atoms with E-state index >= 15 is 0 Å². The maximum absolute atomic E-state index is 13.4. The summed E-state index contributed by atoms with van der Waals surface area (Å²) < 4.78 is 14.0. The van der Waals surface area contributed by atoms with E-state index in [0.29, 0.717) is 16.7 Å². The van der Waals surface area contributed by atoms with Crippen molar-refractivity contribution in [3.8, 4) is 0 Å². The predicted molar refractivity (Wildman–Crippen MR) is 72.5 cm³/mol. The van der Waals surface area contributed by atoms with Gasteiger partial charge in [-0.25, -0.2) is 9.37 Å². The van der Waals surface area contributed by atoms with Crippen molar-refractivity contribution in [2.45, 2.75) is 19.9 Å². The first-order chi connectivity index (χ1) is 8.69. The van der Waals surface area contributed by atoms with Crippen molar-refractivity contribution >= 4 is 18.0 Å². The summed E-state index contributed by atoms with van der Waals surface area (Å²) in [5.41, 5.74) is 0.617. The summed E-state index contributed by atoms with van der Waals surface area (Å²) in [5, 5.41) is 3.12. The molecule has 0 aliphatic rings. The third-order valence-electron chi connectivity index (χ3n) is 2.55. The SMILES string of the molecule is CCc1nc(=S)cc(NCc2ccccc2F)[nH]1. The number of hydrogen-bond acceptors (Lipinski definition) is 3. The lowest BCUT2D eigenvalue weighted by molar-refractivity contribution is 0.613. The fraction of sp³-hybridized carbons (Fsp3) is 0.231. The van der Waals surface area contributed by atoms with Gasteiger partial charge in [0, 0.05) is 24.6 Å². The fourth-order valence-corrected chi connectivity index (χ4v) is 1.83. The summed E-state index contributed by atoms with van der Waals surface area (Å²) in [6.07, 6.45) is 0.777. The molecule has 0 spiro atoms. The molecule has 0 saturated heterocycles. The monoisotopic (exact) mass is 263 g/mol. The average molecular weight is 263 g/mol. The molecule has 0 fully saturated rings. The van der Waals surface area contributed by atoms with Crippen molar-refractivity contribution in [2.24, 2.45) is 0 Å². The van der Waals surface area contributed by atoms with E-state index in [1.807, 2.05) is 13.0 Å². The number of aromatic nitrogens is 2. The number of benzene rings is 1. The molecule has 0 bridgehead atoms. The zero-order valence-corrected chi connectivity index (χ0v) is 10.9. The Labute approximate surface area is 110 Å². The molecule has 5 heteroatoms. The maximum Gasteiger partial charge on any atom is 0.131 e. The highest BCUT2D eigenvalue weighted by Crippen LogP contribution is 2.10. The molecule has 0 unspecified atom stereocenters. The highest BCUT2D eigenvalue weighted by atomic mass is 32.1. The Balaban J connectivity index is 2.13. The van der Waals surface area contributed by atoms with Gasteiger partial charge in [0.15, 0.2) is 0 Å². The molecule has 18 heavy (non-hydrogen) atoms. The van der Waals surface area contributed by atoms with E-state index in [1.54, 1.807) is 18.2 Å². The van der Waals surface area contributed by atoms with Crippen LogP contribution in [0.1, 0.15) is 18.3 Å². The molecule has 2 aromatic rings. The van der Waals surface area contributed by atoms with Crippen LogP contribution in [0.4, 0.5) is 10.2 Å². The van der Waals surface area contributed by atoms with Gasteiger partial charge in [0.05, 0.1) is 0 Å². The number of H-pyrrole nitrogens is 1. The number of hydrogen-bond donors (Lipinski definition) is 2. The standard InChI is InChI=1S/C13H14FN3S/c1-2-11-16-12(7-13(18)17-11)15-8-9-5-3-4-6-10(9)14/h3-7H,2,8H2,1H3,(H2,15,16,17,18). The molecule has 1 aromatic heterocycles. The second-order valence-corrected chi connectivity index (χ2v) is 4.30. The third-order valence-corrected chi connectivity index (χ3v) is 2.76. The summed E-state index contributed by atoms with van der Waals surface area (Å²) in [6, 6.07) is 8.41. The summed E-state index contributed by atoms with van der Waals surface area (Å²) in [7, 11) is 0. The van der Waals surface area contributed by atoms with Gasteiger partial charge in [0.1, 0.15) is 22.1 Å². The molecule has 0 amide bonds. The Hall–Kier alpha value is -1.75. The topological polar surface area (TPSA) is 40.7 Å². The molecule has 2 N–H and O–H groups in total. The van der Waals surface area contributed by atoms with E-state index in [0.717, 1.165) is 18.1 Å². The second kappa shape index (κ2) is 5.73. The van der Waals surface area contributed by atoms with Gasteiger partial charge >= 0.3 is 0 Å². The van der Waals surface area contributed by atoms with Crippen molar-refractivity contribution in [3.05, 3.63) is 52.2 Å². The van der Waals surface area contributed by atoms with Crippen LogP contribution >= 0.6 is 12.2 Å². The van der Waals surface area contributed by atoms with Gasteiger partial charge in [-0.3, -0.25) is 0 Å². The van der Waals surface area contributed by atoms with Crippen LogP contribution in [0, 0.1) is 10.5 Å². The summed E-state index contributed by atoms with van der Waals surface area (Å²) >= 11 is 5.06. The van der Waals surface area contributed by atoms with E-state index in [-0.39, 0.29) is 5.82 Å². The predicted octanol–water partition coefficient (Wildman–Crippen LogP) is 3.45. The van der Waals surface area contributed by atoms with Gasteiger partial charge in [-0.15, -0.1) is 0 Å². The van der Waals surface area contributed by atoms with E-state index < -0.39 is 0 Å². The molecule has 0 aliphatic carbocycles. The number of aromatic amines is 1. The van der Waals surface area contributed by atoms with Gasteiger partial charge in [-0.05, 0) is 6.07 Å². The van der Waals surface area contributed by atoms with Crippen molar-refractivity contribution < 1.29 is 4.39 Å². The number of nitrogens with zero attached hydrogens (tertiary/aromatic N) is 1. The first-order valence-corrected chi connectivity index (χ1v) is 6.17. The van der Waals surface area contributed by atoms with Crippen LogP contribution in [-0.2, 0) is 13.0 Å². The Morgan fingerprint density at radius 1 is 1.39 bits per heavy atom. The van der Waals surface area contributed by atoms with Gasteiger partial charge in [0.25, 0.3) is 0 Å². The van der Waals surface area contributed by atoms with Gasteiger partial charge < -0.3 is 10.3 Å². The largest absolute Gasteiger partial charge is 0.367 e. The molecular weight excluding hydrogens is 249 g/mol. The lowest BCUT2D eigenvalue weighted by Gasteiger charge is -2.08. The molecule has 0 radical (unpaired) electrons. The zero-order valence-electron chi connectivity index (χ0n) is 10.0. The Morgan fingerprint density at radius 3 is 2.89 bits per heavy atom. The number of rotatable bonds is 4. The number of halogens is 1. The van der Waals surface area contributed by atoms with E-state index in [9.17, 15) is 4.39 Å². The molecule has 1 heterocycles. The third kappa shape index (κ3) is 3.13. The first kappa shape index (κ1) is 12.7. The fourth-order valence-electron chi connectivity index (χ4n) is 1.60. The van der Waals surface area contributed by atoms with Crippen LogP contribution in [0.15, 0.2) is 30.3 Å². The van der Waals surface area contributed by atoms with Crippen molar-refractivity contribution in [2.75, 3.05) is 5.32 Å². The summed E-state index contributed by atoms with van der Waals surface area (Å²) in [4.78, 5) is 7.28.